The van der Waals surface area contributed by atoms with Crippen molar-refractivity contribution in [2.24, 2.45) is 5.92 Å². The van der Waals surface area contributed by atoms with Gasteiger partial charge >= 0.3 is 0 Å². The van der Waals surface area contributed by atoms with Crippen LogP contribution in [0.3, 0.4) is 0 Å². The van der Waals surface area contributed by atoms with Crippen LogP contribution >= 0.6 is 23.2 Å². The second kappa shape index (κ2) is 10.2. The van der Waals surface area contributed by atoms with Crippen LogP contribution in [0.1, 0.15) is 38.4 Å². The van der Waals surface area contributed by atoms with E-state index in [0.717, 1.165) is 16.5 Å². The number of piperidine rings is 1. The second-order valence-electron chi connectivity index (χ2n) is 9.32. The molecule has 2 N–H and O–H groups in total. The summed E-state index contributed by atoms with van der Waals surface area (Å²) < 4.78 is 31.7. The van der Waals surface area contributed by atoms with Crippen molar-refractivity contribution in [1.82, 2.24) is 29.2 Å². The van der Waals surface area contributed by atoms with Crippen LogP contribution in [-0.4, -0.2) is 63.1 Å². The highest BCUT2D eigenvalue weighted by Crippen LogP contribution is 2.35. The smallest absolute Gasteiger partial charge is 0.226 e. The highest BCUT2D eigenvalue weighted by Gasteiger charge is 2.30. The van der Waals surface area contributed by atoms with E-state index in [1.54, 1.807) is 0 Å². The van der Waals surface area contributed by atoms with Crippen molar-refractivity contribution in [3.8, 4) is 5.88 Å². The number of hydrogen-bond acceptors (Lipinski definition) is 8. The molecule has 1 fully saturated rings. The molecule has 37 heavy (non-hydrogen) atoms. The SMILES string of the molecule is CC(Nc1nc(Cl)nc2nc[nH]c12)c1cc2cccc(Cl)c2c(OC(C)C2CCN(S(C)(=O)=O)CC2)n1. The highest BCUT2D eigenvalue weighted by atomic mass is 35.5. The maximum atomic E-state index is 11.9. The van der Waals surface area contributed by atoms with E-state index in [4.69, 9.17) is 32.9 Å². The Morgan fingerprint density at radius 1 is 1.16 bits per heavy atom. The first-order chi connectivity index (χ1) is 17.6. The minimum atomic E-state index is -3.19. The predicted octanol–water partition coefficient (Wildman–Crippen LogP) is 4.82. The summed E-state index contributed by atoms with van der Waals surface area (Å²) in [5.74, 6) is 1.15. The Bertz CT molecular complexity index is 1560. The van der Waals surface area contributed by atoms with E-state index < -0.39 is 10.0 Å². The quantitative estimate of drug-likeness (QED) is 0.306. The average Bonchev–Trinajstić information content (AvgIpc) is 3.32. The second-order valence-corrected chi connectivity index (χ2v) is 12.0. The van der Waals surface area contributed by atoms with Gasteiger partial charge < -0.3 is 15.0 Å². The molecule has 3 aromatic heterocycles. The molecule has 13 heteroatoms. The number of benzene rings is 1. The van der Waals surface area contributed by atoms with E-state index in [9.17, 15) is 8.42 Å². The zero-order chi connectivity index (χ0) is 26.3. The van der Waals surface area contributed by atoms with Crippen molar-refractivity contribution in [2.75, 3.05) is 24.7 Å². The van der Waals surface area contributed by atoms with Gasteiger partial charge in [-0.1, -0.05) is 23.7 Å². The van der Waals surface area contributed by atoms with Crippen LogP contribution in [0.4, 0.5) is 5.82 Å². The molecular weight excluding hydrogens is 537 g/mol. The third kappa shape index (κ3) is 5.45. The summed E-state index contributed by atoms with van der Waals surface area (Å²) in [6.07, 6.45) is 4.03. The predicted molar refractivity (Wildman–Crippen MR) is 145 cm³/mol. The fraction of sp³-hybridized carbons (Fsp3) is 0.417. The number of hydrogen-bond donors (Lipinski definition) is 2. The molecule has 1 saturated heterocycles. The Kier molecular flexibility index (Phi) is 7.14. The monoisotopic (exact) mass is 563 g/mol. The summed E-state index contributed by atoms with van der Waals surface area (Å²) in [5.41, 5.74) is 1.84. The van der Waals surface area contributed by atoms with Crippen molar-refractivity contribution in [3.63, 3.8) is 0 Å². The van der Waals surface area contributed by atoms with E-state index in [0.29, 0.717) is 53.8 Å². The first-order valence-electron chi connectivity index (χ1n) is 11.9. The Labute approximate surface area is 224 Å². The lowest BCUT2D eigenvalue weighted by Crippen LogP contribution is -2.41. The number of fused-ring (bicyclic) bond motifs is 2. The van der Waals surface area contributed by atoms with Crippen molar-refractivity contribution in [3.05, 3.63) is 46.6 Å². The van der Waals surface area contributed by atoms with E-state index in [-0.39, 0.29) is 23.3 Å². The van der Waals surface area contributed by atoms with E-state index in [1.165, 1.54) is 16.9 Å². The molecule has 10 nitrogen and oxygen atoms in total. The summed E-state index contributed by atoms with van der Waals surface area (Å²) in [4.78, 5) is 20.5. The van der Waals surface area contributed by atoms with Crippen molar-refractivity contribution >= 4 is 61.0 Å². The number of rotatable bonds is 7. The summed E-state index contributed by atoms with van der Waals surface area (Å²) in [7, 11) is -3.19. The topological polar surface area (TPSA) is 126 Å². The van der Waals surface area contributed by atoms with Gasteiger partial charge in [-0.3, -0.25) is 0 Å². The number of nitrogens with zero attached hydrogens (tertiary/aromatic N) is 5. The summed E-state index contributed by atoms with van der Waals surface area (Å²) in [6.45, 7) is 4.93. The van der Waals surface area contributed by atoms with Gasteiger partial charge in [0, 0.05) is 13.1 Å². The number of halogens is 2. The molecule has 4 heterocycles. The number of imidazole rings is 1. The zero-order valence-corrected chi connectivity index (χ0v) is 22.9. The van der Waals surface area contributed by atoms with E-state index >= 15 is 0 Å². The molecule has 1 aromatic carbocycles. The Balaban J connectivity index is 1.43. The molecular formula is C24H27Cl2N7O3S. The molecule has 0 bridgehead atoms. The first kappa shape index (κ1) is 25.9. The van der Waals surface area contributed by atoms with E-state index in [1.807, 2.05) is 38.1 Å². The number of sulfonamides is 1. The van der Waals surface area contributed by atoms with Gasteiger partial charge in [-0.2, -0.15) is 9.97 Å². The Morgan fingerprint density at radius 3 is 2.65 bits per heavy atom. The molecule has 1 aliphatic heterocycles. The molecule has 2 unspecified atom stereocenters. The Hall–Kier alpha value is -2.73. The minimum Gasteiger partial charge on any atom is -0.474 e. The first-order valence-corrected chi connectivity index (χ1v) is 14.5. The summed E-state index contributed by atoms with van der Waals surface area (Å²) in [5, 5.41) is 5.62. The molecule has 1 aliphatic rings. The van der Waals surface area contributed by atoms with Crippen molar-refractivity contribution in [1.29, 1.82) is 0 Å². The molecule has 0 spiro atoms. The number of nitrogens with one attached hydrogen (secondary N) is 2. The zero-order valence-electron chi connectivity index (χ0n) is 20.6. The molecule has 196 valence electrons. The molecule has 0 saturated carbocycles. The number of aromatic amines is 1. The van der Waals surface area contributed by atoms with Crippen LogP contribution in [-0.2, 0) is 10.0 Å². The van der Waals surface area contributed by atoms with Crippen LogP contribution in [0.2, 0.25) is 10.3 Å². The van der Waals surface area contributed by atoms with Gasteiger partial charge in [-0.05, 0) is 61.7 Å². The number of anilines is 1. The third-order valence-electron chi connectivity index (χ3n) is 6.78. The van der Waals surface area contributed by atoms with Crippen LogP contribution < -0.4 is 10.1 Å². The number of pyridine rings is 1. The molecule has 0 amide bonds. The number of ether oxygens (including phenoxy) is 1. The van der Waals surface area contributed by atoms with Gasteiger partial charge in [0.25, 0.3) is 0 Å². The highest BCUT2D eigenvalue weighted by molar-refractivity contribution is 7.88. The molecule has 0 radical (unpaired) electrons. The molecule has 5 rings (SSSR count). The van der Waals surface area contributed by atoms with Gasteiger partial charge in [0.15, 0.2) is 11.5 Å². The maximum absolute atomic E-state index is 11.9. The van der Waals surface area contributed by atoms with Crippen LogP contribution in [0, 0.1) is 5.92 Å². The van der Waals surface area contributed by atoms with Crippen molar-refractivity contribution < 1.29 is 13.2 Å². The molecule has 4 aromatic rings. The number of aromatic nitrogens is 5. The van der Waals surface area contributed by atoms with Crippen LogP contribution in [0.25, 0.3) is 21.9 Å². The third-order valence-corrected chi connectivity index (χ3v) is 8.57. The van der Waals surface area contributed by atoms with Gasteiger partial charge in [0.05, 0.1) is 34.7 Å². The van der Waals surface area contributed by atoms with Crippen molar-refractivity contribution in [2.45, 2.75) is 38.8 Å². The fourth-order valence-corrected chi connectivity index (χ4v) is 6.00. The largest absolute Gasteiger partial charge is 0.474 e. The Morgan fingerprint density at radius 2 is 1.92 bits per heavy atom. The standard InChI is InChI=1S/C24H27Cl2N7O3S/c1-13(29-22-20-21(28-12-27-20)31-24(26)32-22)18-11-16-5-4-6-17(25)19(16)23(30-18)36-14(2)15-7-9-33(10-8-15)37(3,34)35/h4-6,11-15H,7-10H2,1-3H3,(H2,27,28,29,31,32). The lowest BCUT2D eigenvalue weighted by atomic mass is 9.93. The molecule has 2 atom stereocenters. The fourth-order valence-electron chi connectivity index (χ4n) is 4.70. The maximum Gasteiger partial charge on any atom is 0.226 e. The normalized spacial score (nSPS) is 17.2. The minimum absolute atomic E-state index is 0.0901. The summed E-state index contributed by atoms with van der Waals surface area (Å²) >= 11 is 12.7. The molecule has 0 aliphatic carbocycles. The van der Waals surface area contributed by atoms with Gasteiger partial charge in [0.2, 0.25) is 21.2 Å². The van der Waals surface area contributed by atoms with Gasteiger partial charge in [0.1, 0.15) is 11.6 Å². The number of H-pyrrole nitrogens is 1. The van der Waals surface area contributed by atoms with Gasteiger partial charge in [-0.25, -0.2) is 22.7 Å². The lowest BCUT2D eigenvalue weighted by molar-refractivity contribution is 0.109. The summed E-state index contributed by atoms with van der Waals surface area (Å²) in [6, 6.07) is 7.37. The van der Waals surface area contributed by atoms with Crippen LogP contribution in [0.5, 0.6) is 5.88 Å². The lowest BCUT2D eigenvalue weighted by Gasteiger charge is -2.33. The van der Waals surface area contributed by atoms with Gasteiger partial charge in [-0.15, -0.1) is 0 Å². The van der Waals surface area contributed by atoms with E-state index in [2.05, 4.69) is 25.3 Å². The average molecular weight is 564 g/mol. The van der Waals surface area contributed by atoms with Crippen LogP contribution in [0.15, 0.2) is 30.6 Å².